The first kappa shape index (κ1) is 9.61. The number of amides is 1. The maximum absolute atomic E-state index is 8.94. The molecule has 0 aromatic heterocycles. The van der Waals surface area contributed by atoms with E-state index < -0.39 is 0 Å². The summed E-state index contributed by atoms with van der Waals surface area (Å²) in [5, 5.41) is 2.85. The van der Waals surface area contributed by atoms with E-state index >= 15 is 0 Å². The van der Waals surface area contributed by atoms with Crippen LogP contribution in [0.3, 0.4) is 0 Å². The monoisotopic (exact) mass is 153 g/mol. The third-order valence-electron chi connectivity index (χ3n) is 1.29. The lowest BCUT2D eigenvalue weighted by Crippen LogP contribution is -2.18. The SMILES string of the molecule is N.NNC=O.c1cc2ccc1=2. The van der Waals surface area contributed by atoms with Crippen LogP contribution in [-0.4, -0.2) is 6.41 Å². The molecule has 11 heavy (non-hydrogen) atoms. The van der Waals surface area contributed by atoms with E-state index in [0.717, 1.165) is 0 Å². The standard InChI is InChI=1S/C6H4.CH4N2O.H3N/c1-2-6-4-3-5(1)6;2-3-1-4;/h1-4H;1H,2H2,(H,3,4);1H3. The molecule has 0 bridgehead atoms. The molecule has 2 aliphatic carbocycles. The smallest absolute Gasteiger partial charge is 0.221 e. The van der Waals surface area contributed by atoms with Gasteiger partial charge in [0.1, 0.15) is 0 Å². The van der Waals surface area contributed by atoms with E-state index in [1.54, 1.807) is 5.43 Å². The average molecular weight is 153 g/mol. The van der Waals surface area contributed by atoms with E-state index in [9.17, 15) is 0 Å². The first-order valence-corrected chi connectivity index (χ1v) is 2.88. The van der Waals surface area contributed by atoms with E-state index in [1.165, 1.54) is 10.4 Å². The Hall–Kier alpha value is -1.39. The summed E-state index contributed by atoms with van der Waals surface area (Å²) in [6.45, 7) is 0. The van der Waals surface area contributed by atoms with Crippen LogP contribution in [0.5, 0.6) is 0 Å². The van der Waals surface area contributed by atoms with Crippen molar-refractivity contribution >= 4 is 6.41 Å². The van der Waals surface area contributed by atoms with Crippen LogP contribution in [0.15, 0.2) is 24.3 Å². The number of benzene rings is 1. The van der Waals surface area contributed by atoms with E-state index in [0.29, 0.717) is 6.41 Å². The van der Waals surface area contributed by atoms with Gasteiger partial charge in [0.05, 0.1) is 0 Å². The highest BCUT2D eigenvalue weighted by Crippen LogP contribution is 2.04. The molecule has 0 saturated carbocycles. The van der Waals surface area contributed by atoms with Crippen molar-refractivity contribution in [3.05, 3.63) is 34.7 Å². The largest absolute Gasteiger partial charge is 0.344 e. The average Bonchev–Trinajstić information content (AvgIpc) is 1.97. The van der Waals surface area contributed by atoms with Gasteiger partial charge in [-0.05, 0) is 10.4 Å². The van der Waals surface area contributed by atoms with Gasteiger partial charge >= 0.3 is 0 Å². The summed E-state index contributed by atoms with van der Waals surface area (Å²) in [5.41, 5.74) is 1.75. The predicted molar refractivity (Wildman–Crippen MR) is 42.5 cm³/mol. The van der Waals surface area contributed by atoms with Crippen molar-refractivity contribution in [1.82, 2.24) is 11.6 Å². The van der Waals surface area contributed by atoms with Crippen molar-refractivity contribution in [3.63, 3.8) is 0 Å². The zero-order chi connectivity index (χ0) is 7.40. The van der Waals surface area contributed by atoms with Gasteiger partial charge in [-0.25, -0.2) is 5.84 Å². The Morgan fingerprint density at radius 3 is 1.45 bits per heavy atom. The molecular weight excluding hydrogens is 142 g/mol. The predicted octanol–water partition coefficient (Wildman–Crippen LogP) is 0.0551. The summed E-state index contributed by atoms with van der Waals surface area (Å²) in [6.07, 6.45) is 0.403. The Morgan fingerprint density at radius 2 is 1.45 bits per heavy atom. The molecule has 60 valence electrons. The molecule has 0 aromatic carbocycles. The Labute approximate surface area is 64.3 Å². The second-order valence-corrected chi connectivity index (χ2v) is 1.86. The number of hydrogen-bond donors (Lipinski definition) is 3. The molecule has 0 atom stereocenters. The zero-order valence-electron chi connectivity index (χ0n) is 6.08. The minimum absolute atomic E-state index is 0. The lowest BCUT2D eigenvalue weighted by atomic mass is 10.1. The normalized spacial score (nSPS) is 8.09. The Morgan fingerprint density at radius 1 is 1.18 bits per heavy atom. The molecule has 0 fully saturated rings. The number of hydrazine groups is 1. The Balaban J connectivity index is 0.000000183. The van der Waals surface area contributed by atoms with Gasteiger partial charge < -0.3 is 6.15 Å². The van der Waals surface area contributed by atoms with E-state index in [4.69, 9.17) is 4.79 Å². The molecule has 0 aromatic rings. The third kappa shape index (κ3) is 2.03. The molecule has 6 N–H and O–H groups in total. The molecule has 2 aliphatic rings. The van der Waals surface area contributed by atoms with Gasteiger partial charge in [0.15, 0.2) is 0 Å². The zero-order valence-corrected chi connectivity index (χ0v) is 6.08. The summed E-state index contributed by atoms with van der Waals surface area (Å²) < 4.78 is 0. The van der Waals surface area contributed by atoms with Crippen LogP contribution in [-0.2, 0) is 4.79 Å². The molecule has 1 amide bonds. The van der Waals surface area contributed by atoms with Gasteiger partial charge in [0.2, 0.25) is 6.41 Å². The highest BCUT2D eigenvalue weighted by atomic mass is 16.1. The number of rotatable bonds is 1. The van der Waals surface area contributed by atoms with Crippen molar-refractivity contribution in [3.8, 4) is 0 Å². The van der Waals surface area contributed by atoms with Crippen molar-refractivity contribution in [2.24, 2.45) is 5.84 Å². The second-order valence-electron chi connectivity index (χ2n) is 1.86. The van der Waals surface area contributed by atoms with Gasteiger partial charge in [-0.3, -0.25) is 10.2 Å². The summed E-state index contributed by atoms with van der Waals surface area (Å²) in [6, 6.07) is 8.48. The summed E-state index contributed by atoms with van der Waals surface area (Å²) >= 11 is 0. The summed E-state index contributed by atoms with van der Waals surface area (Å²) in [7, 11) is 0. The topological polar surface area (TPSA) is 90.1 Å². The highest BCUT2D eigenvalue weighted by Gasteiger charge is 1.88. The van der Waals surface area contributed by atoms with E-state index in [1.807, 2.05) is 0 Å². The fraction of sp³-hybridized carbons (Fsp3) is 0. The first-order chi connectivity index (χ1) is 4.88. The number of nitrogens with two attached hydrogens (primary N) is 1. The van der Waals surface area contributed by atoms with Crippen LogP contribution >= 0.6 is 0 Å². The lowest BCUT2D eigenvalue weighted by Gasteiger charge is -1.95. The Bertz CT molecular complexity index is 259. The first-order valence-electron chi connectivity index (χ1n) is 2.88. The minimum Gasteiger partial charge on any atom is -0.344 e. The van der Waals surface area contributed by atoms with Crippen molar-refractivity contribution in [2.75, 3.05) is 0 Å². The Kier molecular flexibility index (Phi) is 3.87. The van der Waals surface area contributed by atoms with Crippen molar-refractivity contribution in [2.45, 2.75) is 0 Å². The highest BCUT2D eigenvalue weighted by molar-refractivity contribution is 5.44. The van der Waals surface area contributed by atoms with Crippen LogP contribution in [0.25, 0.3) is 0 Å². The number of nitrogens with one attached hydrogen (secondary N) is 1. The molecule has 0 spiro atoms. The molecule has 0 heterocycles. The lowest BCUT2D eigenvalue weighted by molar-refractivity contribution is -0.109. The van der Waals surface area contributed by atoms with Crippen LogP contribution in [0.1, 0.15) is 0 Å². The van der Waals surface area contributed by atoms with E-state index in [2.05, 4.69) is 30.1 Å². The summed E-state index contributed by atoms with van der Waals surface area (Å²) in [5.74, 6) is 4.41. The van der Waals surface area contributed by atoms with Gasteiger partial charge in [-0.1, -0.05) is 24.3 Å². The fourth-order valence-corrected chi connectivity index (χ4v) is 0.663. The maximum Gasteiger partial charge on any atom is 0.221 e. The van der Waals surface area contributed by atoms with Crippen LogP contribution in [0.2, 0.25) is 0 Å². The van der Waals surface area contributed by atoms with Gasteiger partial charge in [-0.15, -0.1) is 0 Å². The second kappa shape index (κ2) is 4.43. The molecule has 4 nitrogen and oxygen atoms in total. The fourth-order valence-electron chi connectivity index (χ4n) is 0.663. The third-order valence-corrected chi connectivity index (χ3v) is 1.29. The molecule has 2 rings (SSSR count). The number of hydrogen-bond acceptors (Lipinski definition) is 3. The van der Waals surface area contributed by atoms with Gasteiger partial charge in [-0.2, -0.15) is 0 Å². The van der Waals surface area contributed by atoms with E-state index in [-0.39, 0.29) is 6.15 Å². The van der Waals surface area contributed by atoms with Crippen molar-refractivity contribution in [1.29, 1.82) is 0 Å². The summed E-state index contributed by atoms with van der Waals surface area (Å²) in [4.78, 5) is 8.94. The maximum atomic E-state index is 8.94. The molecule has 0 unspecified atom stereocenters. The molecule has 0 saturated heterocycles. The molecule has 0 radical (unpaired) electrons. The number of carbonyl (C=O) groups excluding carboxylic acids is 1. The molecular formula is C7H11N3O. The van der Waals surface area contributed by atoms with Crippen LogP contribution in [0.4, 0.5) is 0 Å². The van der Waals surface area contributed by atoms with Crippen molar-refractivity contribution < 1.29 is 4.79 Å². The van der Waals surface area contributed by atoms with Gasteiger partial charge in [0.25, 0.3) is 0 Å². The van der Waals surface area contributed by atoms with Gasteiger partial charge in [0, 0.05) is 0 Å². The number of carbonyl (C=O) groups is 1. The molecule has 0 aliphatic heterocycles. The quantitative estimate of drug-likeness (QED) is 0.234. The van der Waals surface area contributed by atoms with Crippen LogP contribution in [0, 0.1) is 10.4 Å². The minimum atomic E-state index is 0. The van der Waals surface area contributed by atoms with Crippen LogP contribution < -0.4 is 17.4 Å². The molecule has 4 heteroatoms.